The number of anilines is 3. The van der Waals surface area contributed by atoms with Crippen LogP contribution in [0.5, 0.6) is 0 Å². The maximum atomic E-state index is 13.0. The summed E-state index contributed by atoms with van der Waals surface area (Å²) in [6.07, 6.45) is -21.9. The van der Waals surface area contributed by atoms with Crippen molar-refractivity contribution < 1.29 is 143 Å². The molecule has 6 aliphatic heterocycles. The zero-order valence-electron chi connectivity index (χ0n) is 67.2. The maximum absolute atomic E-state index is 13.0. The normalized spacial score (nSPS) is 31.1. The van der Waals surface area contributed by atoms with Gasteiger partial charge in [-0.3, -0.25) is 68.9 Å². The molecular weight excluding hydrogens is 1760 g/mol. The molecule has 690 valence electrons. The molecule has 0 radical (unpaired) electrons. The number of nitrogens with one attached hydrogen (secondary N) is 3. The van der Waals surface area contributed by atoms with E-state index < -0.39 is 244 Å². The monoisotopic (exact) mass is 1850 g/mol. The number of methoxy groups -OCH3 is 6. The predicted molar refractivity (Wildman–Crippen MR) is 410 cm³/mol. The second kappa shape index (κ2) is 38.8. The molecule has 0 amide bonds. The van der Waals surface area contributed by atoms with E-state index in [1.54, 1.807) is 20.8 Å². The number of aryl methyl sites for hydroxylation is 3. The summed E-state index contributed by atoms with van der Waals surface area (Å²) in [5.74, 6) is 0.128. The zero-order chi connectivity index (χ0) is 91.0. The molecule has 9 aromatic rings. The van der Waals surface area contributed by atoms with E-state index >= 15 is 0 Å². The van der Waals surface area contributed by atoms with Crippen molar-refractivity contribution in [1.82, 2.24) is 102 Å². The lowest BCUT2D eigenvalue weighted by Crippen LogP contribution is -2.39. The van der Waals surface area contributed by atoms with E-state index in [0.29, 0.717) is 17.5 Å². The lowest BCUT2D eigenvalue weighted by Gasteiger charge is -2.25. The Balaban J connectivity index is 0.000000162. The first-order chi connectivity index (χ1) is 59.9. The Morgan fingerprint density at radius 2 is 0.571 bits per heavy atom. The lowest BCUT2D eigenvalue weighted by atomic mass is 10.1. The fourth-order valence-electron chi connectivity index (χ4n) is 14.7. The minimum atomic E-state index is -4.94. The Labute approximate surface area is 703 Å². The summed E-state index contributed by atoms with van der Waals surface area (Å²) in [6.45, 7) is 0.788. The molecule has 63 heteroatoms. The summed E-state index contributed by atoms with van der Waals surface area (Å²) in [4.78, 5) is 160. The number of aromatic nitrogens is 21. The number of hydrogen-bond acceptors (Lipinski definition) is 48. The second-order valence-corrected chi connectivity index (χ2v) is 32.5. The van der Waals surface area contributed by atoms with Crippen LogP contribution in [0.15, 0.2) is 66.7 Å². The number of phosphoric acid groups is 3. The first-order valence-electron chi connectivity index (χ1n) is 37.3. The summed E-state index contributed by atoms with van der Waals surface area (Å²) in [6, 6.07) is 0. The van der Waals surface area contributed by atoms with Crippen LogP contribution in [-0.4, -0.2) is 340 Å². The average Bonchev–Trinajstić information content (AvgIpc) is 1.58. The second-order valence-electron chi connectivity index (χ2n) is 28.3. The number of nitrogen functional groups attached to an aromatic ring is 3. The van der Waals surface area contributed by atoms with Crippen molar-refractivity contribution >= 4 is 74.8 Å². The third-order valence-corrected chi connectivity index (χ3v) is 23.4. The molecule has 9 aromatic heterocycles. The van der Waals surface area contributed by atoms with Gasteiger partial charge in [0.1, 0.15) is 146 Å². The number of hydrogen-bond donors (Lipinski definition) is 15. The lowest BCUT2D eigenvalue weighted by molar-refractivity contribution is -0.0665. The van der Waals surface area contributed by atoms with Gasteiger partial charge in [0.25, 0.3) is 16.7 Å². The maximum Gasteiger partial charge on any atom is 0.472 e. The van der Waals surface area contributed by atoms with E-state index in [9.17, 15) is 87.8 Å². The highest BCUT2D eigenvalue weighted by Gasteiger charge is 2.56. The molecule has 126 heavy (non-hydrogen) atoms. The number of nitrogens with zero attached hydrogens (tertiary/aromatic N) is 18. The van der Waals surface area contributed by atoms with Gasteiger partial charge < -0.3 is 134 Å². The highest BCUT2D eigenvalue weighted by Crippen LogP contribution is 2.53. The molecular formula is C63H87N24O36P3. The van der Waals surface area contributed by atoms with E-state index in [-0.39, 0.29) is 51.3 Å². The molecule has 0 spiro atoms. The third kappa shape index (κ3) is 19.4. The van der Waals surface area contributed by atoms with Gasteiger partial charge in [-0.1, -0.05) is 0 Å². The van der Waals surface area contributed by atoms with Crippen LogP contribution in [0, 0.1) is 20.8 Å². The summed E-state index contributed by atoms with van der Waals surface area (Å²) >= 11 is 0. The van der Waals surface area contributed by atoms with Gasteiger partial charge in [-0.2, -0.15) is 15.0 Å². The largest absolute Gasteiger partial charge is 0.472 e. The van der Waals surface area contributed by atoms with Crippen molar-refractivity contribution in [3.63, 3.8) is 0 Å². The SMILES string of the molecule is COC1[C@@H](O)[C@@H](COP(=O)(O)O[C@@H]2C(OC)[C@H](n3cnc4c(=O)[nH]c(C)nc43)O[C@@H]2CO)O[C@H]1n1cnc(N)nc1=O.COC1[C@@H](OP(=O)(O)OC[C@H]2O[C@@H](n3cnc4c(=O)[nH]c(C)nc43)C(OC)[C@H]2O)[C@@H](CO)O[C@H]1n1cnc(N)nc1=O.COC1[C@@H](OP(=O)(O)OC[C@H]2O[C@@H](n3cnc4c(=O)[nH]c(C)nc43)C(OC)[C@H]2O)[C@@H](CO)O[C@H]1n1cnc(N)nc1=O. The van der Waals surface area contributed by atoms with Crippen molar-refractivity contribution in [2.24, 2.45) is 0 Å². The van der Waals surface area contributed by atoms with Crippen LogP contribution in [-0.2, 0) is 97.7 Å². The molecule has 9 unspecified atom stereocenters. The van der Waals surface area contributed by atoms with Crippen molar-refractivity contribution in [2.75, 3.05) is 99.5 Å². The molecule has 6 aliphatic rings. The van der Waals surface area contributed by atoms with Gasteiger partial charge >= 0.3 is 40.5 Å². The summed E-state index contributed by atoms with van der Waals surface area (Å²) in [7, 11) is -7.12. The van der Waals surface area contributed by atoms with E-state index in [2.05, 4.69) is 74.8 Å². The number of nitrogens with two attached hydrogens (primary N) is 3. The molecule has 6 saturated heterocycles. The van der Waals surface area contributed by atoms with Crippen LogP contribution in [0.4, 0.5) is 17.8 Å². The molecule has 15 heterocycles. The Morgan fingerprint density at radius 1 is 0.349 bits per heavy atom. The Morgan fingerprint density at radius 3 is 0.810 bits per heavy atom. The molecule has 15 rings (SSSR count). The van der Waals surface area contributed by atoms with Crippen LogP contribution in [0.25, 0.3) is 33.5 Å². The molecule has 0 aromatic carbocycles. The zero-order valence-corrected chi connectivity index (χ0v) is 69.9. The van der Waals surface area contributed by atoms with Gasteiger partial charge in [0, 0.05) is 42.7 Å². The molecule has 0 saturated carbocycles. The summed E-state index contributed by atoms with van der Waals surface area (Å²) < 4.78 is 144. The molecule has 6 fully saturated rings. The number of ether oxygens (including phenoxy) is 12. The smallest absolute Gasteiger partial charge is 0.394 e. The van der Waals surface area contributed by atoms with Crippen LogP contribution < -0.4 is 50.9 Å². The van der Waals surface area contributed by atoms with Gasteiger partial charge in [-0.05, 0) is 20.8 Å². The standard InChI is InChI=1S/3C21H29N8O12P/c1-8-25-16-11(17(32)26-8)23-6-28(16)19-15(37-3)13(9(4-30)39-19)41-42(34,35)38-5-10-12(31)14(36-2)18(40-10)29-7-24-20(22)27-21(29)33;2*1-8-25-16-11(17(32)26-8)23-6-28(16)18-14(36-2)12(31)10(40-18)5-38-42(34,35)41-13-9(4-30)39-19(15(13)37-3)29-7-24-20(22)27-21(29)33/h3*6-7,9-10,12-15,18-19,30-31H,4-5H2,1-3H3,(H,34,35)(H2,22,27,33)(H,25,26,32)/t3*9-,10-,12+,13+,14?,15?,18-,19-/m111/s1. The van der Waals surface area contributed by atoms with Crippen LogP contribution in [0.1, 0.15) is 54.8 Å². The van der Waals surface area contributed by atoms with Crippen molar-refractivity contribution in [2.45, 2.75) is 168 Å². The molecule has 60 nitrogen and oxygen atoms in total. The van der Waals surface area contributed by atoms with Crippen molar-refractivity contribution in [1.29, 1.82) is 0 Å². The number of rotatable bonds is 30. The molecule has 0 aliphatic carbocycles. The first-order valence-corrected chi connectivity index (χ1v) is 41.8. The highest BCUT2D eigenvalue weighted by atomic mass is 31.2. The number of aliphatic hydroxyl groups is 6. The van der Waals surface area contributed by atoms with Gasteiger partial charge in [-0.15, -0.1) is 0 Å². The predicted octanol–water partition coefficient (Wildman–Crippen LogP) is -7.97. The number of H-pyrrole nitrogens is 3. The summed E-state index contributed by atoms with van der Waals surface area (Å²) in [5.41, 5.74) is 13.0. The topological polar surface area (TPSA) is 812 Å². The molecule has 0 bridgehead atoms. The molecule has 18 N–H and O–H groups in total. The number of aromatic amines is 3. The summed E-state index contributed by atoms with van der Waals surface area (Å²) in [5, 5.41) is 62.0. The average molecular weight is 1850 g/mol. The van der Waals surface area contributed by atoms with E-state index in [4.69, 9.17) is 101 Å². The quantitative estimate of drug-likeness (QED) is 0.0186. The van der Waals surface area contributed by atoms with E-state index in [1.807, 2.05) is 0 Å². The van der Waals surface area contributed by atoms with Crippen molar-refractivity contribution in [3.8, 4) is 0 Å². The Hall–Kier alpha value is -9.51. The number of phosphoric ester groups is 3. The number of fused-ring (bicyclic) bond motifs is 3. The Kier molecular flexibility index (Phi) is 29.0. The first kappa shape index (κ1) is 94.1. The minimum Gasteiger partial charge on any atom is -0.394 e. The van der Waals surface area contributed by atoms with E-state index in [0.717, 1.165) is 32.7 Å². The fourth-order valence-corrected chi connectivity index (χ4v) is 17.6. The number of imidazole rings is 3. The van der Waals surface area contributed by atoms with Crippen LogP contribution in [0.2, 0.25) is 0 Å². The van der Waals surface area contributed by atoms with Gasteiger partial charge in [0.2, 0.25) is 17.8 Å². The molecule has 27 atom stereocenters. The van der Waals surface area contributed by atoms with Crippen LogP contribution in [0.3, 0.4) is 0 Å². The number of aliphatic hydroxyl groups excluding tert-OH is 6. The fraction of sp³-hybridized carbons (Fsp3) is 0.619. The van der Waals surface area contributed by atoms with Crippen LogP contribution >= 0.6 is 23.5 Å². The van der Waals surface area contributed by atoms with Gasteiger partial charge in [0.15, 0.2) is 70.9 Å². The van der Waals surface area contributed by atoms with Gasteiger partial charge in [-0.25, -0.2) is 72.9 Å². The minimum absolute atomic E-state index is 0.0238. The van der Waals surface area contributed by atoms with E-state index in [1.165, 1.54) is 75.3 Å². The Bertz CT molecular complexity index is 5670. The van der Waals surface area contributed by atoms with Gasteiger partial charge in [0.05, 0.1) is 58.6 Å². The highest BCUT2D eigenvalue weighted by molar-refractivity contribution is 7.48. The third-order valence-electron chi connectivity index (χ3n) is 20.5. The van der Waals surface area contributed by atoms with Crippen molar-refractivity contribution in [3.05, 3.63) is 118 Å².